The van der Waals surface area contributed by atoms with Crippen LogP contribution in [0.5, 0.6) is 0 Å². The summed E-state index contributed by atoms with van der Waals surface area (Å²) in [5.74, 6) is 0.821. The molecule has 2 aliphatic rings. The largest absolute Gasteiger partial charge is 0.379 e. The zero-order valence-electron chi connectivity index (χ0n) is 15.9. The van der Waals surface area contributed by atoms with Gasteiger partial charge in [-0.15, -0.1) is 0 Å². The van der Waals surface area contributed by atoms with Gasteiger partial charge in [-0.2, -0.15) is 0 Å². The maximum absolute atomic E-state index is 5.50. The van der Waals surface area contributed by atoms with E-state index in [9.17, 15) is 0 Å². The Morgan fingerprint density at radius 3 is 2.62 bits per heavy atom. The Balaban J connectivity index is 1.76. The molecule has 0 unspecified atom stereocenters. The van der Waals surface area contributed by atoms with Gasteiger partial charge in [-0.25, -0.2) is 9.97 Å². The van der Waals surface area contributed by atoms with Crippen molar-refractivity contribution in [1.29, 1.82) is 0 Å². The maximum Gasteiger partial charge on any atom is 0.225 e. The molecule has 0 radical (unpaired) electrons. The number of benzene rings is 1. The van der Waals surface area contributed by atoms with E-state index in [-0.39, 0.29) is 0 Å². The summed E-state index contributed by atoms with van der Waals surface area (Å²) in [6, 6.07) is 8.74. The van der Waals surface area contributed by atoms with Crippen molar-refractivity contribution in [2.45, 2.75) is 32.2 Å². The molecule has 1 aromatic heterocycles. The molecule has 1 fully saturated rings. The smallest absolute Gasteiger partial charge is 0.225 e. The predicted octanol–water partition coefficient (Wildman–Crippen LogP) is 2.92. The van der Waals surface area contributed by atoms with Crippen molar-refractivity contribution >= 4 is 5.95 Å². The van der Waals surface area contributed by atoms with Gasteiger partial charge in [-0.1, -0.05) is 24.3 Å². The van der Waals surface area contributed by atoms with Crippen molar-refractivity contribution in [3.05, 3.63) is 41.1 Å². The lowest BCUT2D eigenvalue weighted by molar-refractivity contribution is 0.0342. The first kappa shape index (κ1) is 17.4. The van der Waals surface area contributed by atoms with Gasteiger partial charge in [0, 0.05) is 50.6 Å². The first-order valence-electron chi connectivity index (χ1n) is 9.68. The highest BCUT2D eigenvalue weighted by molar-refractivity contribution is 5.69. The fourth-order valence-electron chi connectivity index (χ4n) is 3.89. The van der Waals surface area contributed by atoms with E-state index in [0.29, 0.717) is 0 Å². The minimum absolute atomic E-state index is 0.821. The molecule has 0 saturated carbocycles. The van der Waals surface area contributed by atoms with Crippen LogP contribution in [0.15, 0.2) is 24.3 Å². The summed E-state index contributed by atoms with van der Waals surface area (Å²) in [4.78, 5) is 14.3. The topological polar surface area (TPSA) is 41.5 Å². The predicted molar refractivity (Wildman–Crippen MR) is 105 cm³/mol. The molecule has 138 valence electrons. The van der Waals surface area contributed by atoms with Crippen LogP contribution in [0.1, 0.15) is 29.7 Å². The molecule has 1 aromatic carbocycles. The van der Waals surface area contributed by atoms with Gasteiger partial charge in [0.25, 0.3) is 0 Å². The van der Waals surface area contributed by atoms with Crippen molar-refractivity contribution in [3.8, 4) is 11.3 Å². The average molecular weight is 352 g/mol. The molecule has 0 spiro atoms. The molecule has 1 saturated heterocycles. The number of nitrogens with zero attached hydrogens (tertiary/aromatic N) is 4. The lowest BCUT2D eigenvalue weighted by Gasteiger charge is -2.28. The number of aryl methyl sites for hydroxylation is 1. The van der Waals surface area contributed by atoms with Crippen LogP contribution in [0.25, 0.3) is 11.3 Å². The van der Waals surface area contributed by atoms with Crippen molar-refractivity contribution in [1.82, 2.24) is 14.9 Å². The van der Waals surface area contributed by atoms with E-state index >= 15 is 0 Å². The molecular weight excluding hydrogens is 324 g/mol. The number of ether oxygens (including phenoxy) is 1. The van der Waals surface area contributed by atoms with Crippen molar-refractivity contribution < 1.29 is 4.74 Å². The summed E-state index contributed by atoms with van der Waals surface area (Å²) in [6.45, 7) is 4.61. The van der Waals surface area contributed by atoms with Crippen LogP contribution < -0.4 is 4.90 Å². The van der Waals surface area contributed by atoms with Crippen molar-refractivity contribution in [3.63, 3.8) is 0 Å². The third kappa shape index (κ3) is 3.60. The minimum Gasteiger partial charge on any atom is -0.379 e. The highest BCUT2D eigenvalue weighted by Gasteiger charge is 2.22. The summed E-state index contributed by atoms with van der Waals surface area (Å²) < 4.78 is 5.50. The van der Waals surface area contributed by atoms with E-state index in [4.69, 9.17) is 14.7 Å². The Hall–Kier alpha value is -1.98. The number of anilines is 1. The number of hydrogen-bond donors (Lipinski definition) is 0. The maximum atomic E-state index is 5.50. The summed E-state index contributed by atoms with van der Waals surface area (Å²) in [7, 11) is 4.04. The monoisotopic (exact) mass is 352 g/mol. The molecule has 0 bridgehead atoms. The van der Waals surface area contributed by atoms with Crippen LogP contribution in [0, 0.1) is 0 Å². The molecule has 2 heterocycles. The van der Waals surface area contributed by atoms with Gasteiger partial charge in [0.1, 0.15) is 0 Å². The highest BCUT2D eigenvalue weighted by atomic mass is 16.5. The quantitative estimate of drug-likeness (QED) is 0.846. The Morgan fingerprint density at radius 2 is 1.81 bits per heavy atom. The highest BCUT2D eigenvalue weighted by Crippen LogP contribution is 2.33. The van der Waals surface area contributed by atoms with Gasteiger partial charge in [0.15, 0.2) is 0 Å². The first-order chi connectivity index (χ1) is 12.7. The second-order valence-corrected chi connectivity index (χ2v) is 7.44. The molecule has 1 aliphatic carbocycles. The van der Waals surface area contributed by atoms with Gasteiger partial charge in [0.2, 0.25) is 5.95 Å². The lowest BCUT2D eigenvalue weighted by atomic mass is 9.90. The van der Waals surface area contributed by atoms with Crippen LogP contribution in [-0.4, -0.2) is 55.3 Å². The van der Waals surface area contributed by atoms with E-state index in [2.05, 4.69) is 29.2 Å². The molecule has 5 nitrogen and oxygen atoms in total. The third-order valence-corrected chi connectivity index (χ3v) is 5.34. The van der Waals surface area contributed by atoms with Crippen LogP contribution >= 0.6 is 0 Å². The molecule has 2 aromatic rings. The SMILES string of the molecule is CN(C)c1nc2c(c(-c3ccccc3CN3CCOCC3)n1)CCCC2. The average Bonchev–Trinajstić information content (AvgIpc) is 2.68. The number of fused-ring (bicyclic) bond motifs is 1. The normalized spacial score (nSPS) is 17.8. The summed E-state index contributed by atoms with van der Waals surface area (Å²) >= 11 is 0. The van der Waals surface area contributed by atoms with E-state index in [1.54, 1.807) is 0 Å². The minimum atomic E-state index is 0.821. The molecular formula is C21H28N4O. The second-order valence-electron chi connectivity index (χ2n) is 7.44. The molecule has 5 heteroatoms. The van der Waals surface area contributed by atoms with Crippen molar-refractivity contribution in [2.75, 3.05) is 45.3 Å². The van der Waals surface area contributed by atoms with Gasteiger partial charge in [-0.3, -0.25) is 4.90 Å². The van der Waals surface area contributed by atoms with E-state index in [0.717, 1.165) is 57.3 Å². The summed E-state index contributed by atoms with van der Waals surface area (Å²) in [6.07, 6.45) is 4.61. The summed E-state index contributed by atoms with van der Waals surface area (Å²) in [5.41, 5.74) is 6.36. The first-order valence-corrected chi connectivity index (χ1v) is 9.68. The number of hydrogen-bond acceptors (Lipinski definition) is 5. The number of aromatic nitrogens is 2. The Bertz CT molecular complexity index is 769. The number of rotatable bonds is 4. The van der Waals surface area contributed by atoms with E-state index in [1.165, 1.54) is 35.2 Å². The summed E-state index contributed by atoms with van der Waals surface area (Å²) in [5, 5.41) is 0. The number of morpholine rings is 1. The van der Waals surface area contributed by atoms with E-state index in [1.807, 2.05) is 19.0 Å². The van der Waals surface area contributed by atoms with Crippen LogP contribution in [-0.2, 0) is 24.1 Å². The second kappa shape index (κ2) is 7.72. The third-order valence-electron chi connectivity index (χ3n) is 5.34. The van der Waals surface area contributed by atoms with Crippen LogP contribution in [0.3, 0.4) is 0 Å². The van der Waals surface area contributed by atoms with Crippen LogP contribution in [0.4, 0.5) is 5.95 Å². The Labute approximate surface area is 156 Å². The standard InChI is InChI=1S/C21H28N4O/c1-24(2)21-22-19-10-6-5-9-18(19)20(23-21)17-8-4-3-7-16(17)15-25-11-13-26-14-12-25/h3-4,7-8H,5-6,9-15H2,1-2H3. The molecule has 4 rings (SSSR count). The fraction of sp³-hybridized carbons (Fsp3) is 0.524. The molecule has 0 atom stereocenters. The fourth-order valence-corrected chi connectivity index (χ4v) is 3.89. The van der Waals surface area contributed by atoms with Gasteiger partial charge < -0.3 is 9.64 Å². The molecule has 0 amide bonds. The molecule has 0 N–H and O–H groups in total. The lowest BCUT2D eigenvalue weighted by Crippen LogP contribution is -2.35. The molecule has 26 heavy (non-hydrogen) atoms. The Morgan fingerprint density at radius 1 is 1.04 bits per heavy atom. The zero-order chi connectivity index (χ0) is 17.9. The Kier molecular flexibility index (Phi) is 5.18. The van der Waals surface area contributed by atoms with Gasteiger partial charge >= 0.3 is 0 Å². The zero-order valence-corrected chi connectivity index (χ0v) is 15.9. The molecule has 1 aliphatic heterocycles. The van der Waals surface area contributed by atoms with Crippen LogP contribution in [0.2, 0.25) is 0 Å². The van der Waals surface area contributed by atoms with Crippen molar-refractivity contribution in [2.24, 2.45) is 0 Å². The van der Waals surface area contributed by atoms with Gasteiger partial charge in [0.05, 0.1) is 18.9 Å². The van der Waals surface area contributed by atoms with Gasteiger partial charge in [-0.05, 0) is 31.2 Å². The van der Waals surface area contributed by atoms with E-state index < -0.39 is 0 Å².